The van der Waals surface area contributed by atoms with Gasteiger partial charge in [0.2, 0.25) is 0 Å². The van der Waals surface area contributed by atoms with Gasteiger partial charge in [0.25, 0.3) is 0 Å². The molecule has 0 aliphatic carbocycles. The van der Waals surface area contributed by atoms with Gasteiger partial charge in [-0.25, -0.2) is 9.98 Å². The van der Waals surface area contributed by atoms with E-state index in [9.17, 15) is 0 Å². The second-order valence-corrected chi connectivity index (χ2v) is 2.36. The molecule has 0 saturated carbocycles. The molecular weight excluding hydrogens is 200 g/mol. The molecule has 1 aromatic heterocycles. The summed E-state index contributed by atoms with van der Waals surface area (Å²) in [4.78, 5) is 14.9. The summed E-state index contributed by atoms with van der Waals surface area (Å²) in [6.45, 7) is 14.3. The zero-order chi connectivity index (χ0) is 12.8. The Morgan fingerprint density at radius 3 is 2.19 bits per heavy atom. The van der Waals surface area contributed by atoms with E-state index in [0.717, 1.165) is 5.69 Å². The molecule has 4 nitrogen and oxygen atoms in total. The fourth-order valence-corrected chi connectivity index (χ4v) is 0.547. The molecule has 0 atom stereocenters. The van der Waals surface area contributed by atoms with Crippen molar-refractivity contribution in [3.8, 4) is 0 Å². The molecule has 0 aliphatic heterocycles. The molecular formula is C12H20N4. The molecule has 0 aromatic carbocycles. The largest absolute Gasteiger partial charge is 0.261 e. The van der Waals surface area contributed by atoms with Crippen LogP contribution in [0.25, 0.3) is 0 Å². The van der Waals surface area contributed by atoms with E-state index < -0.39 is 0 Å². The highest BCUT2D eigenvalue weighted by Gasteiger charge is 1.74. The fourth-order valence-electron chi connectivity index (χ4n) is 0.547. The minimum atomic E-state index is 0.648. The van der Waals surface area contributed by atoms with Crippen molar-refractivity contribution in [1.82, 2.24) is 9.97 Å². The van der Waals surface area contributed by atoms with Crippen LogP contribution in [0.1, 0.15) is 26.5 Å². The van der Waals surface area contributed by atoms with E-state index in [1.165, 1.54) is 6.20 Å². The number of rotatable bonds is 1. The normalized spacial score (nSPS) is 8.88. The number of nitrogens with zero attached hydrogens (tertiary/aromatic N) is 4. The molecule has 0 saturated heterocycles. The second-order valence-electron chi connectivity index (χ2n) is 2.36. The third kappa shape index (κ3) is 12.2. The molecule has 0 amide bonds. The predicted molar refractivity (Wildman–Crippen MR) is 71.0 cm³/mol. The van der Waals surface area contributed by atoms with Crippen LogP contribution in [0, 0.1) is 6.92 Å². The Hall–Kier alpha value is -1.84. The first-order chi connectivity index (χ1) is 7.70. The minimum absolute atomic E-state index is 0.648. The quantitative estimate of drug-likeness (QED) is 0.539. The van der Waals surface area contributed by atoms with E-state index in [2.05, 4.69) is 33.2 Å². The van der Waals surface area contributed by atoms with Gasteiger partial charge in [0.1, 0.15) is 5.84 Å². The van der Waals surface area contributed by atoms with Gasteiger partial charge in [-0.3, -0.25) is 9.97 Å². The van der Waals surface area contributed by atoms with Gasteiger partial charge < -0.3 is 0 Å². The molecule has 0 fully saturated rings. The predicted octanol–water partition coefficient (Wildman–Crippen LogP) is 3.06. The zero-order valence-corrected chi connectivity index (χ0v) is 10.5. The van der Waals surface area contributed by atoms with Crippen LogP contribution in [0.3, 0.4) is 0 Å². The molecule has 0 radical (unpaired) electrons. The van der Waals surface area contributed by atoms with Crippen LogP contribution in [0.2, 0.25) is 0 Å². The van der Waals surface area contributed by atoms with Gasteiger partial charge in [0, 0.05) is 24.8 Å². The third-order valence-corrected chi connectivity index (χ3v) is 1.20. The van der Waals surface area contributed by atoms with Gasteiger partial charge in [0.15, 0.2) is 0 Å². The summed E-state index contributed by atoms with van der Waals surface area (Å²) in [5.41, 5.74) is 0.961. The van der Waals surface area contributed by atoms with Crippen LogP contribution in [-0.4, -0.2) is 22.5 Å². The van der Waals surface area contributed by atoms with Crippen molar-refractivity contribution in [2.45, 2.75) is 27.7 Å². The first-order valence-electron chi connectivity index (χ1n) is 5.05. The van der Waals surface area contributed by atoms with E-state index in [-0.39, 0.29) is 0 Å². The molecule has 16 heavy (non-hydrogen) atoms. The van der Waals surface area contributed by atoms with E-state index >= 15 is 0 Å². The molecule has 4 heteroatoms. The number of hydrogen-bond donors (Lipinski definition) is 0. The number of aromatic nitrogens is 2. The zero-order valence-electron chi connectivity index (χ0n) is 10.5. The summed E-state index contributed by atoms with van der Waals surface area (Å²) in [5.74, 6) is 0.648. The third-order valence-electron chi connectivity index (χ3n) is 1.20. The van der Waals surface area contributed by atoms with Gasteiger partial charge in [0.05, 0.1) is 5.69 Å². The Labute approximate surface area is 97.9 Å². The number of hydrogen-bond acceptors (Lipinski definition) is 3. The molecule has 1 aromatic rings. The van der Waals surface area contributed by atoms with Crippen molar-refractivity contribution in [1.29, 1.82) is 0 Å². The maximum absolute atomic E-state index is 3.92. The maximum atomic E-state index is 3.92. The van der Waals surface area contributed by atoms with Crippen molar-refractivity contribution in [2.24, 2.45) is 9.98 Å². The summed E-state index contributed by atoms with van der Waals surface area (Å²) in [5, 5.41) is 0. The Kier molecular flexibility index (Phi) is 13.6. The van der Waals surface area contributed by atoms with Crippen molar-refractivity contribution < 1.29 is 0 Å². The second kappa shape index (κ2) is 13.2. The summed E-state index contributed by atoms with van der Waals surface area (Å²) in [6, 6.07) is 0. The molecule has 0 N–H and O–H groups in total. The molecule has 1 heterocycles. The molecule has 0 bridgehead atoms. The van der Waals surface area contributed by atoms with Crippen LogP contribution in [-0.2, 0) is 0 Å². The number of aliphatic imine (C=N–C) groups is 2. The van der Waals surface area contributed by atoms with Crippen LogP contribution in [0.15, 0.2) is 41.4 Å². The molecule has 0 aliphatic rings. The van der Waals surface area contributed by atoms with E-state index in [1.54, 1.807) is 25.5 Å². The topological polar surface area (TPSA) is 50.5 Å². The Morgan fingerprint density at radius 1 is 1.38 bits per heavy atom. The van der Waals surface area contributed by atoms with Crippen LogP contribution in [0.5, 0.6) is 0 Å². The number of aryl methyl sites for hydroxylation is 1. The monoisotopic (exact) mass is 220 g/mol. The van der Waals surface area contributed by atoms with Gasteiger partial charge in [-0.2, -0.15) is 0 Å². The molecule has 1 rings (SSSR count). The lowest BCUT2D eigenvalue weighted by molar-refractivity contribution is 1.12. The summed E-state index contributed by atoms with van der Waals surface area (Å²) in [7, 11) is 0. The van der Waals surface area contributed by atoms with Gasteiger partial charge >= 0.3 is 0 Å². The fraction of sp³-hybridized carbons (Fsp3) is 0.333. The highest BCUT2D eigenvalue weighted by molar-refractivity contribution is 5.84. The first-order valence-corrected chi connectivity index (χ1v) is 5.05. The van der Waals surface area contributed by atoms with Crippen molar-refractivity contribution in [3.63, 3.8) is 0 Å². The van der Waals surface area contributed by atoms with Gasteiger partial charge in [-0.1, -0.05) is 20.4 Å². The molecule has 0 unspecified atom stereocenters. The van der Waals surface area contributed by atoms with Crippen molar-refractivity contribution >= 4 is 12.6 Å². The minimum Gasteiger partial charge on any atom is -0.261 e. The molecule has 0 spiro atoms. The number of amidine groups is 1. The lowest BCUT2D eigenvalue weighted by Gasteiger charge is -1.81. The highest BCUT2D eigenvalue weighted by Crippen LogP contribution is 1.81. The Morgan fingerprint density at radius 2 is 2.00 bits per heavy atom. The van der Waals surface area contributed by atoms with Gasteiger partial charge in [-0.15, -0.1) is 0 Å². The van der Waals surface area contributed by atoms with Crippen LogP contribution < -0.4 is 0 Å². The van der Waals surface area contributed by atoms with Crippen LogP contribution in [0.4, 0.5) is 0 Å². The van der Waals surface area contributed by atoms with E-state index in [0.29, 0.717) is 5.84 Å². The van der Waals surface area contributed by atoms with Crippen molar-refractivity contribution in [2.75, 3.05) is 0 Å². The maximum Gasteiger partial charge on any atom is 0.124 e. The Balaban J connectivity index is 0. The molecule has 88 valence electrons. The summed E-state index contributed by atoms with van der Waals surface area (Å²) >= 11 is 0. The lowest BCUT2D eigenvalue weighted by atomic mass is 10.5. The van der Waals surface area contributed by atoms with Crippen molar-refractivity contribution in [3.05, 3.63) is 37.1 Å². The van der Waals surface area contributed by atoms with Gasteiger partial charge in [-0.05, 0) is 20.6 Å². The first kappa shape index (κ1) is 16.6. The average molecular weight is 220 g/mol. The smallest absolute Gasteiger partial charge is 0.124 e. The lowest BCUT2D eigenvalue weighted by Crippen LogP contribution is -1.78. The van der Waals surface area contributed by atoms with Crippen LogP contribution >= 0.6 is 0 Å². The SMILES string of the molecule is C=CN=C(C)N=C.CC.Cc1cnccn1. The van der Waals surface area contributed by atoms with E-state index in [4.69, 9.17) is 0 Å². The summed E-state index contributed by atoms with van der Waals surface area (Å²) < 4.78 is 0. The van der Waals surface area contributed by atoms with E-state index in [1.807, 2.05) is 20.8 Å². The highest BCUT2D eigenvalue weighted by atomic mass is 14.9. The summed E-state index contributed by atoms with van der Waals surface area (Å²) in [6.07, 6.45) is 6.49. The standard InChI is InChI=1S/C5H6N2.C5H8N2.C2H6/c1-5-4-6-2-3-7-5;1-4-7-5(2)6-3;1-2/h2-4H,1H3;4H,1,3H2,2H3;1-2H3. The Bertz CT molecular complexity index is 304. The average Bonchev–Trinajstić information content (AvgIpc) is 2.34.